The summed E-state index contributed by atoms with van der Waals surface area (Å²) in [4.78, 5) is 28.1. The van der Waals surface area contributed by atoms with Crippen molar-refractivity contribution >= 4 is 12.1 Å². The van der Waals surface area contributed by atoms with E-state index in [1.807, 2.05) is 45.0 Å². The summed E-state index contributed by atoms with van der Waals surface area (Å²) < 4.78 is 16.4. The Kier molecular flexibility index (Phi) is 7.03. The van der Waals surface area contributed by atoms with Crippen LogP contribution >= 0.6 is 0 Å². The van der Waals surface area contributed by atoms with Gasteiger partial charge < -0.3 is 19.1 Å². The lowest BCUT2D eigenvalue weighted by molar-refractivity contribution is -0.134. The average molecular weight is 419 g/mol. The molecule has 3 rings (SSSR count). The van der Waals surface area contributed by atoms with E-state index >= 15 is 0 Å². The first kappa shape index (κ1) is 22.6. The van der Waals surface area contributed by atoms with Crippen molar-refractivity contribution in [3.05, 3.63) is 35.4 Å². The van der Waals surface area contributed by atoms with Gasteiger partial charge in [0.15, 0.2) is 0 Å². The third-order valence-corrected chi connectivity index (χ3v) is 5.75. The maximum atomic E-state index is 12.3. The first-order valence-electron chi connectivity index (χ1n) is 10.7. The molecule has 2 aliphatic heterocycles. The van der Waals surface area contributed by atoms with Crippen molar-refractivity contribution < 1.29 is 23.8 Å². The third-order valence-electron chi connectivity index (χ3n) is 5.75. The molecule has 0 bridgehead atoms. The molecule has 30 heavy (non-hydrogen) atoms. The van der Waals surface area contributed by atoms with Gasteiger partial charge in [-0.1, -0.05) is 12.1 Å². The summed E-state index contributed by atoms with van der Waals surface area (Å²) in [5.41, 5.74) is 1.12. The van der Waals surface area contributed by atoms with Crippen molar-refractivity contribution in [1.29, 1.82) is 0 Å². The Labute approximate surface area is 179 Å². The largest absolute Gasteiger partial charge is 0.465 e. The molecule has 0 N–H and O–H groups in total. The minimum Gasteiger partial charge on any atom is -0.465 e. The number of nitrogens with zero attached hydrogens (tertiary/aromatic N) is 2. The van der Waals surface area contributed by atoms with Gasteiger partial charge in [-0.3, -0.25) is 4.90 Å². The van der Waals surface area contributed by atoms with E-state index in [0.29, 0.717) is 25.3 Å². The van der Waals surface area contributed by atoms with Gasteiger partial charge in [-0.2, -0.15) is 0 Å². The lowest BCUT2D eigenvalue weighted by Gasteiger charge is -2.47. The zero-order valence-corrected chi connectivity index (χ0v) is 18.6. The molecule has 166 valence electrons. The van der Waals surface area contributed by atoms with E-state index in [1.54, 1.807) is 4.90 Å². The smallest absolute Gasteiger partial charge is 0.410 e. The van der Waals surface area contributed by atoms with Crippen molar-refractivity contribution in [2.45, 2.75) is 51.2 Å². The Morgan fingerprint density at radius 2 is 1.77 bits per heavy atom. The monoisotopic (exact) mass is 418 g/mol. The normalized spacial score (nSPS) is 19.5. The molecule has 0 aromatic heterocycles. The highest BCUT2D eigenvalue weighted by Crippen LogP contribution is 2.31. The van der Waals surface area contributed by atoms with Crippen molar-refractivity contribution in [2.75, 3.05) is 46.4 Å². The molecular weight excluding hydrogens is 384 g/mol. The number of piperidine rings is 1. The van der Waals surface area contributed by atoms with Crippen molar-refractivity contribution in [2.24, 2.45) is 0 Å². The molecule has 0 atom stereocenters. The molecule has 7 heteroatoms. The van der Waals surface area contributed by atoms with Gasteiger partial charge >= 0.3 is 12.1 Å². The predicted octanol–water partition coefficient (Wildman–Crippen LogP) is 3.12. The van der Waals surface area contributed by atoms with Crippen LogP contribution in [0.5, 0.6) is 0 Å². The second-order valence-electron chi connectivity index (χ2n) is 9.21. The Morgan fingerprint density at radius 3 is 2.37 bits per heavy atom. The first-order valence-corrected chi connectivity index (χ1v) is 10.7. The summed E-state index contributed by atoms with van der Waals surface area (Å²) in [5, 5.41) is 0. The molecule has 2 aliphatic rings. The predicted molar refractivity (Wildman–Crippen MR) is 114 cm³/mol. The van der Waals surface area contributed by atoms with Crippen LogP contribution in [0, 0.1) is 0 Å². The number of rotatable bonds is 4. The number of carbonyl (C=O) groups excluding carboxylic acids is 2. The molecule has 1 aromatic rings. The molecule has 0 aliphatic carbocycles. The number of amides is 1. The summed E-state index contributed by atoms with van der Waals surface area (Å²) >= 11 is 0. The maximum Gasteiger partial charge on any atom is 0.410 e. The van der Waals surface area contributed by atoms with Crippen LogP contribution in [0.3, 0.4) is 0 Å². The van der Waals surface area contributed by atoms with E-state index in [2.05, 4.69) is 4.90 Å². The fraction of sp³-hybridized carbons (Fsp3) is 0.652. The van der Waals surface area contributed by atoms with Crippen molar-refractivity contribution in [3.8, 4) is 0 Å². The lowest BCUT2D eigenvalue weighted by Crippen LogP contribution is -2.58. The first-order chi connectivity index (χ1) is 14.2. The minimum absolute atomic E-state index is 0.175. The molecule has 0 unspecified atom stereocenters. The number of hydrogen-bond donors (Lipinski definition) is 0. The average Bonchev–Trinajstić information content (AvgIpc) is 2.71. The van der Waals surface area contributed by atoms with Gasteiger partial charge in [-0.15, -0.1) is 0 Å². The lowest BCUT2D eigenvalue weighted by atomic mass is 9.89. The van der Waals surface area contributed by atoms with Gasteiger partial charge in [0, 0.05) is 32.7 Å². The van der Waals surface area contributed by atoms with Crippen molar-refractivity contribution in [1.82, 2.24) is 9.80 Å². The van der Waals surface area contributed by atoms with E-state index in [-0.39, 0.29) is 17.7 Å². The quantitative estimate of drug-likeness (QED) is 0.700. The molecule has 2 fully saturated rings. The summed E-state index contributed by atoms with van der Waals surface area (Å²) in [6, 6.07) is 7.60. The fourth-order valence-corrected chi connectivity index (χ4v) is 4.05. The van der Waals surface area contributed by atoms with Crippen LogP contribution in [0.4, 0.5) is 4.79 Å². The SMILES string of the molecule is COC(=O)c1ccc(CCN2CCOC3(CCN(C(=O)OC(C)(C)C)CC3)C2)cc1. The summed E-state index contributed by atoms with van der Waals surface area (Å²) in [6.45, 7) is 10.5. The van der Waals surface area contributed by atoms with E-state index in [1.165, 1.54) is 12.7 Å². The van der Waals surface area contributed by atoms with Gasteiger partial charge in [-0.25, -0.2) is 9.59 Å². The van der Waals surface area contributed by atoms with Crippen LogP contribution in [-0.2, 0) is 20.6 Å². The molecular formula is C23H34N2O5. The number of ether oxygens (including phenoxy) is 3. The Balaban J connectivity index is 1.48. The minimum atomic E-state index is -0.473. The summed E-state index contributed by atoms with van der Waals surface area (Å²) in [6.07, 6.45) is 2.34. The van der Waals surface area contributed by atoms with E-state index < -0.39 is 5.60 Å². The van der Waals surface area contributed by atoms with Gasteiger partial charge in [0.2, 0.25) is 0 Å². The van der Waals surface area contributed by atoms with Crippen LogP contribution < -0.4 is 0 Å². The second-order valence-corrected chi connectivity index (χ2v) is 9.21. The number of hydrogen-bond acceptors (Lipinski definition) is 6. The second kappa shape index (κ2) is 9.35. The zero-order valence-electron chi connectivity index (χ0n) is 18.6. The van der Waals surface area contributed by atoms with E-state index in [0.717, 1.165) is 38.9 Å². The van der Waals surface area contributed by atoms with Crippen LogP contribution in [0.1, 0.15) is 49.5 Å². The van der Waals surface area contributed by atoms with E-state index in [9.17, 15) is 9.59 Å². The number of morpholine rings is 1. The van der Waals surface area contributed by atoms with Crippen LogP contribution in [0.2, 0.25) is 0 Å². The number of benzene rings is 1. The summed E-state index contributed by atoms with van der Waals surface area (Å²) in [7, 11) is 1.39. The number of methoxy groups -OCH3 is 1. The van der Waals surface area contributed by atoms with Crippen LogP contribution in [0.25, 0.3) is 0 Å². The van der Waals surface area contributed by atoms with Gasteiger partial charge in [0.25, 0.3) is 0 Å². The highest BCUT2D eigenvalue weighted by Gasteiger charge is 2.41. The number of carbonyl (C=O) groups is 2. The molecule has 1 spiro atoms. The number of likely N-dealkylation sites (tertiary alicyclic amines) is 1. The zero-order chi connectivity index (χ0) is 21.8. The molecule has 1 aromatic carbocycles. The van der Waals surface area contributed by atoms with Crippen LogP contribution in [0.15, 0.2) is 24.3 Å². The van der Waals surface area contributed by atoms with Gasteiger partial charge in [0.1, 0.15) is 5.60 Å². The van der Waals surface area contributed by atoms with Gasteiger partial charge in [-0.05, 0) is 57.7 Å². The third kappa shape index (κ3) is 5.95. The molecule has 2 heterocycles. The molecule has 7 nitrogen and oxygen atoms in total. The van der Waals surface area contributed by atoms with E-state index in [4.69, 9.17) is 14.2 Å². The molecule has 1 amide bonds. The topological polar surface area (TPSA) is 68.3 Å². The standard InChI is InChI=1S/C23H34N2O5/c1-22(2,3)30-21(27)25-13-10-23(11-14-25)17-24(15-16-29-23)12-9-18-5-7-19(8-6-18)20(26)28-4/h5-8H,9-17H2,1-4H3. The van der Waals surface area contributed by atoms with Crippen LogP contribution in [-0.4, -0.2) is 79.5 Å². The highest BCUT2D eigenvalue weighted by molar-refractivity contribution is 5.89. The Bertz CT molecular complexity index is 733. The molecule has 2 saturated heterocycles. The van der Waals surface area contributed by atoms with Gasteiger partial charge in [0.05, 0.1) is 24.9 Å². The Morgan fingerprint density at radius 1 is 1.10 bits per heavy atom. The number of esters is 1. The maximum absolute atomic E-state index is 12.3. The molecule has 0 radical (unpaired) electrons. The highest BCUT2D eigenvalue weighted by atomic mass is 16.6. The summed E-state index contributed by atoms with van der Waals surface area (Å²) in [5.74, 6) is -0.311. The molecule has 0 saturated carbocycles. The fourth-order valence-electron chi connectivity index (χ4n) is 4.05. The Hall–Kier alpha value is -2.12. The van der Waals surface area contributed by atoms with Crippen molar-refractivity contribution in [3.63, 3.8) is 0 Å².